The molecule has 0 unspecified atom stereocenters. The Balaban J connectivity index is 1.65. The van der Waals surface area contributed by atoms with Gasteiger partial charge in [-0.1, -0.05) is 54.1 Å². The van der Waals surface area contributed by atoms with Crippen LogP contribution in [-0.4, -0.2) is 29.0 Å². The van der Waals surface area contributed by atoms with Crippen LogP contribution in [0.25, 0.3) is 0 Å². The summed E-state index contributed by atoms with van der Waals surface area (Å²) in [5.41, 5.74) is 1.22. The molecule has 0 bridgehead atoms. The van der Waals surface area contributed by atoms with Crippen LogP contribution in [0.4, 0.5) is 19.0 Å². The highest BCUT2D eigenvalue weighted by Crippen LogP contribution is 2.46. The Morgan fingerprint density at radius 2 is 1.88 bits per heavy atom. The SMILES string of the molecule is COc1ccc([C@H]2C[C@H](C(F)(F)F)n3nc(C(=O)N[C@H](C)c4ccccc4)c(Cl)c3N2)cc1. The second kappa shape index (κ2) is 8.97. The predicted octanol–water partition coefficient (Wildman–Crippen LogP) is 5.70. The highest BCUT2D eigenvalue weighted by Gasteiger charge is 2.47. The van der Waals surface area contributed by atoms with Gasteiger partial charge in [-0.05, 0) is 30.2 Å². The molecule has 0 fully saturated rings. The Labute approximate surface area is 193 Å². The lowest BCUT2D eigenvalue weighted by Crippen LogP contribution is -2.36. The molecule has 2 N–H and O–H groups in total. The molecule has 0 aliphatic carbocycles. The van der Waals surface area contributed by atoms with Gasteiger partial charge in [-0.15, -0.1) is 0 Å². The van der Waals surface area contributed by atoms with Crippen molar-refractivity contribution in [3.63, 3.8) is 0 Å². The van der Waals surface area contributed by atoms with E-state index in [2.05, 4.69) is 15.7 Å². The Kier molecular flexibility index (Phi) is 6.25. The smallest absolute Gasteiger partial charge is 0.410 e. The summed E-state index contributed by atoms with van der Waals surface area (Å²) >= 11 is 6.39. The van der Waals surface area contributed by atoms with Gasteiger partial charge in [0, 0.05) is 6.42 Å². The maximum Gasteiger partial charge on any atom is 0.410 e. The number of ether oxygens (including phenoxy) is 1. The fourth-order valence-electron chi connectivity index (χ4n) is 3.88. The number of halogens is 4. The van der Waals surface area contributed by atoms with Crippen molar-refractivity contribution in [1.29, 1.82) is 0 Å². The third kappa shape index (κ3) is 4.64. The lowest BCUT2D eigenvalue weighted by atomic mass is 9.97. The van der Waals surface area contributed by atoms with E-state index in [1.807, 2.05) is 30.3 Å². The van der Waals surface area contributed by atoms with Crippen LogP contribution in [0.3, 0.4) is 0 Å². The van der Waals surface area contributed by atoms with Gasteiger partial charge < -0.3 is 15.4 Å². The molecule has 10 heteroatoms. The number of aromatic nitrogens is 2. The zero-order valence-electron chi connectivity index (χ0n) is 17.9. The largest absolute Gasteiger partial charge is 0.497 e. The van der Waals surface area contributed by atoms with Gasteiger partial charge in [0.15, 0.2) is 11.7 Å². The minimum atomic E-state index is -4.58. The summed E-state index contributed by atoms with van der Waals surface area (Å²) in [5, 5.41) is 9.60. The molecule has 1 amide bonds. The maximum atomic E-state index is 13.9. The lowest BCUT2D eigenvalue weighted by Gasteiger charge is -2.33. The third-order valence-corrected chi connectivity index (χ3v) is 6.03. The number of methoxy groups -OCH3 is 1. The number of fused-ring (bicyclic) bond motifs is 1. The van der Waals surface area contributed by atoms with E-state index in [0.29, 0.717) is 11.3 Å². The van der Waals surface area contributed by atoms with Crippen LogP contribution in [0.5, 0.6) is 5.75 Å². The lowest BCUT2D eigenvalue weighted by molar-refractivity contribution is -0.173. The van der Waals surface area contributed by atoms with Crippen LogP contribution >= 0.6 is 11.6 Å². The van der Waals surface area contributed by atoms with Gasteiger partial charge in [-0.2, -0.15) is 18.3 Å². The molecule has 3 atom stereocenters. The molecule has 4 rings (SSSR count). The van der Waals surface area contributed by atoms with Crippen molar-refractivity contribution in [2.75, 3.05) is 12.4 Å². The van der Waals surface area contributed by atoms with Crippen molar-refractivity contribution in [3.8, 4) is 5.75 Å². The van der Waals surface area contributed by atoms with E-state index in [4.69, 9.17) is 16.3 Å². The molecule has 1 aliphatic rings. The number of amides is 1. The van der Waals surface area contributed by atoms with E-state index in [-0.39, 0.29) is 29.0 Å². The topological polar surface area (TPSA) is 68.2 Å². The van der Waals surface area contributed by atoms with Gasteiger partial charge in [-0.3, -0.25) is 4.79 Å². The van der Waals surface area contributed by atoms with Gasteiger partial charge in [0.25, 0.3) is 5.91 Å². The van der Waals surface area contributed by atoms with Gasteiger partial charge in [0.2, 0.25) is 0 Å². The summed E-state index contributed by atoms with van der Waals surface area (Å²) in [7, 11) is 1.51. The first-order chi connectivity index (χ1) is 15.7. The monoisotopic (exact) mass is 478 g/mol. The number of carbonyl (C=O) groups is 1. The number of nitrogens with one attached hydrogen (secondary N) is 2. The molecule has 0 saturated carbocycles. The summed E-state index contributed by atoms with van der Waals surface area (Å²) in [4.78, 5) is 12.9. The van der Waals surface area contributed by atoms with E-state index in [1.165, 1.54) is 7.11 Å². The van der Waals surface area contributed by atoms with Gasteiger partial charge in [-0.25, -0.2) is 4.68 Å². The number of nitrogens with zero attached hydrogens (tertiary/aromatic N) is 2. The minimum absolute atomic E-state index is 0.0384. The molecule has 2 aromatic carbocycles. The molecule has 0 spiro atoms. The number of benzene rings is 2. The highest BCUT2D eigenvalue weighted by molar-refractivity contribution is 6.36. The van der Waals surface area contributed by atoms with Crippen molar-refractivity contribution in [3.05, 3.63) is 76.4 Å². The fraction of sp³-hybridized carbons (Fsp3) is 0.304. The molecule has 33 heavy (non-hydrogen) atoms. The Morgan fingerprint density at radius 3 is 2.48 bits per heavy atom. The molecule has 2 heterocycles. The molecule has 0 saturated heterocycles. The number of hydrogen-bond acceptors (Lipinski definition) is 4. The summed E-state index contributed by atoms with van der Waals surface area (Å²) in [5.74, 6) is -0.0953. The quantitative estimate of drug-likeness (QED) is 0.494. The summed E-state index contributed by atoms with van der Waals surface area (Å²) in [6.45, 7) is 1.77. The first kappa shape index (κ1) is 23.0. The average molecular weight is 479 g/mol. The number of rotatable bonds is 5. The third-order valence-electron chi connectivity index (χ3n) is 5.68. The Bertz CT molecular complexity index is 1130. The normalized spacial score (nSPS) is 18.7. The second-order valence-electron chi connectivity index (χ2n) is 7.82. The van der Waals surface area contributed by atoms with E-state index < -0.39 is 24.2 Å². The Morgan fingerprint density at radius 1 is 1.21 bits per heavy atom. The summed E-state index contributed by atoms with van der Waals surface area (Å²) < 4.78 is 47.7. The van der Waals surface area contributed by atoms with Crippen molar-refractivity contribution in [1.82, 2.24) is 15.1 Å². The van der Waals surface area contributed by atoms with E-state index >= 15 is 0 Å². The standard InChI is InChI=1S/C23H22ClF3N4O2/c1-13(14-6-4-3-5-7-14)28-22(32)20-19(24)21-29-17(15-8-10-16(33-2)11-9-15)12-18(23(25,26)27)31(21)30-20/h3-11,13,17-18,29H,12H2,1-2H3,(H,28,32)/t13-,17-,18-/m1/s1. The van der Waals surface area contributed by atoms with Crippen LogP contribution in [-0.2, 0) is 0 Å². The first-order valence-corrected chi connectivity index (χ1v) is 10.7. The summed E-state index contributed by atoms with van der Waals surface area (Å²) in [6.07, 6.45) is -4.88. The van der Waals surface area contributed by atoms with Crippen LogP contribution in [0, 0.1) is 0 Å². The van der Waals surface area contributed by atoms with E-state index in [9.17, 15) is 18.0 Å². The molecule has 1 aliphatic heterocycles. The van der Waals surface area contributed by atoms with E-state index in [0.717, 1.165) is 10.2 Å². The Hall–Kier alpha value is -3.20. The number of hydrogen-bond donors (Lipinski definition) is 2. The first-order valence-electron chi connectivity index (χ1n) is 10.3. The van der Waals surface area contributed by atoms with Gasteiger partial charge in [0.1, 0.15) is 16.6 Å². The van der Waals surface area contributed by atoms with Crippen molar-refractivity contribution >= 4 is 23.3 Å². The average Bonchev–Trinajstić information content (AvgIpc) is 3.15. The molecular weight excluding hydrogens is 457 g/mol. The highest BCUT2D eigenvalue weighted by atomic mass is 35.5. The zero-order chi connectivity index (χ0) is 23.8. The number of anilines is 1. The second-order valence-corrected chi connectivity index (χ2v) is 8.20. The number of carbonyl (C=O) groups excluding carboxylic acids is 1. The molecule has 3 aromatic rings. The summed E-state index contributed by atoms with van der Waals surface area (Å²) in [6, 6.07) is 12.9. The zero-order valence-corrected chi connectivity index (χ0v) is 18.6. The van der Waals surface area contributed by atoms with Crippen molar-refractivity contribution < 1.29 is 22.7 Å². The van der Waals surface area contributed by atoms with Crippen LogP contribution < -0.4 is 15.4 Å². The molecular formula is C23H22ClF3N4O2. The maximum absolute atomic E-state index is 13.9. The van der Waals surface area contributed by atoms with Crippen LogP contribution in [0.15, 0.2) is 54.6 Å². The minimum Gasteiger partial charge on any atom is -0.497 e. The van der Waals surface area contributed by atoms with Gasteiger partial charge in [0.05, 0.1) is 19.2 Å². The molecule has 0 radical (unpaired) electrons. The van der Waals surface area contributed by atoms with Crippen LogP contribution in [0.2, 0.25) is 5.02 Å². The molecule has 6 nitrogen and oxygen atoms in total. The van der Waals surface area contributed by atoms with Crippen molar-refractivity contribution in [2.24, 2.45) is 0 Å². The molecule has 174 valence electrons. The van der Waals surface area contributed by atoms with Crippen LogP contribution in [0.1, 0.15) is 53.1 Å². The van der Waals surface area contributed by atoms with E-state index in [1.54, 1.807) is 31.2 Å². The fourth-order valence-corrected chi connectivity index (χ4v) is 4.14. The predicted molar refractivity (Wildman–Crippen MR) is 119 cm³/mol. The van der Waals surface area contributed by atoms with Crippen molar-refractivity contribution in [2.45, 2.75) is 37.6 Å². The van der Waals surface area contributed by atoms with Gasteiger partial charge >= 0.3 is 6.18 Å². The number of alkyl halides is 3. The molecule has 1 aromatic heterocycles.